The molecule has 1 aromatic heterocycles. The summed E-state index contributed by atoms with van der Waals surface area (Å²) in [6.07, 6.45) is 6.10. The van der Waals surface area contributed by atoms with E-state index >= 15 is 0 Å². The molecular formula is C12H20BrN3. The molecule has 2 N–H and O–H groups in total. The van der Waals surface area contributed by atoms with E-state index in [1.807, 2.05) is 6.20 Å². The minimum absolute atomic E-state index is 0.261. The van der Waals surface area contributed by atoms with Gasteiger partial charge in [-0.25, -0.2) is 0 Å². The van der Waals surface area contributed by atoms with Crippen LogP contribution in [0.2, 0.25) is 0 Å². The molecule has 1 heterocycles. The van der Waals surface area contributed by atoms with Crippen molar-refractivity contribution in [3.63, 3.8) is 0 Å². The summed E-state index contributed by atoms with van der Waals surface area (Å²) in [5.41, 5.74) is 7.02. The van der Waals surface area contributed by atoms with E-state index in [0.29, 0.717) is 6.54 Å². The van der Waals surface area contributed by atoms with Crippen LogP contribution in [-0.2, 0) is 0 Å². The Hall–Kier alpha value is -0.450. The van der Waals surface area contributed by atoms with Gasteiger partial charge in [0.2, 0.25) is 0 Å². The fourth-order valence-corrected chi connectivity index (χ4v) is 2.13. The van der Waals surface area contributed by atoms with Crippen molar-refractivity contribution in [1.82, 2.24) is 9.88 Å². The Morgan fingerprint density at radius 2 is 2.25 bits per heavy atom. The van der Waals surface area contributed by atoms with Crippen LogP contribution in [0.1, 0.15) is 31.4 Å². The molecule has 90 valence electrons. The number of halogens is 1. The van der Waals surface area contributed by atoms with Crippen LogP contribution in [0.5, 0.6) is 0 Å². The largest absolute Gasteiger partial charge is 0.329 e. The lowest BCUT2D eigenvalue weighted by molar-refractivity contribution is 0.246. The van der Waals surface area contributed by atoms with Crippen LogP contribution in [0.15, 0.2) is 22.9 Å². The number of hydrogen-bond donors (Lipinski definition) is 1. The van der Waals surface area contributed by atoms with Crippen LogP contribution >= 0.6 is 15.9 Å². The molecule has 0 aliphatic heterocycles. The zero-order valence-corrected chi connectivity index (χ0v) is 11.6. The van der Waals surface area contributed by atoms with Gasteiger partial charge >= 0.3 is 0 Å². The lowest BCUT2D eigenvalue weighted by Gasteiger charge is -2.27. The SMILES string of the molecule is CCCCN(C)C(CN)c1cncc(Br)c1. The second-order valence-corrected chi connectivity index (χ2v) is 4.94. The number of hydrogen-bond acceptors (Lipinski definition) is 3. The molecule has 0 bridgehead atoms. The van der Waals surface area contributed by atoms with E-state index in [1.54, 1.807) is 6.20 Å². The topological polar surface area (TPSA) is 42.1 Å². The summed E-state index contributed by atoms with van der Waals surface area (Å²) in [7, 11) is 2.12. The molecule has 0 saturated heterocycles. The third kappa shape index (κ3) is 3.85. The van der Waals surface area contributed by atoms with Crippen LogP contribution in [0.3, 0.4) is 0 Å². The summed E-state index contributed by atoms with van der Waals surface area (Å²) in [6.45, 7) is 3.90. The van der Waals surface area contributed by atoms with Gasteiger partial charge in [0.25, 0.3) is 0 Å². The van der Waals surface area contributed by atoms with Crippen molar-refractivity contribution in [2.75, 3.05) is 20.1 Å². The van der Waals surface area contributed by atoms with Crippen molar-refractivity contribution in [1.29, 1.82) is 0 Å². The smallest absolute Gasteiger partial charge is 0.0483 e. The molecule has 0 saturated carbocycles. The molecule has 0 spiro atoms. The molecule has 1 unspecified atom stereocenters. The number of rotatable bonds is 6. The summed E-state index contributed by atoms with van der Waals surface area (Å²) in [5, 5.41) is 0. The maximum Gasteiger partial charge on any atom is 0.0483 e. The van der Waals surface area contributed by atoms with Crippen LogP contribution in [0.25, 0.3) is 0 Å². The average Bonchev–Trinajstić information content (AvgIpc) is 2.27. The van der Waals surface area contributed by atoms with E-state index < -0.39 is 0 Å². The molecule has 1 atom stereocenters. The molecule has 0 aromatic carbocycles. The van der Waals surface area contributed by atoms with Gasteiger partial charge in [0, 0.05) is 29.5 Å². The van der Waals surface area contributed by atoms with E-state index in [2.05, 4.69) is 45.9 Å². The van der Waals surface area contributed by atoms with E-state index in [0.717, 1.165) is 11.0 Å². The maximum absolute atomic E-state index is 5.84. The second-order valence-electron chi connectivity index (χ2n) is 4.02. The molecule has 0 aliphatic carbocycles. The van der Waals surface area contributed by atoms with Gasteiger partial charge in [0.15, 0.2) is 0 Å². The fourth-order valence-electron chi connectivity index (χ4n) is 1.74. The highest BCUT2D eigenvalue weighted by Gasteiger charge is 2.15. The van der Waals surface area contributed by atoms with Crippen LogP contribution in [0.4, 0.5) is 0 Å². The van der Waals surface area contributed by atoms with Gasteiger partial charge in [-0.05, 0) is 47.6 Å². The highest BCUT2D eigenvalue weighted by Crippen LogP contribution is 2.20. The summed E-state index contributed by atoms with van der Waals surface area (Å²) in [4.78, 5) is 6.49. The highest BCUT2D eigenvalue weighted by molar-refractivity contribution is 9.10. The predicted molar refractivity (Wildman–Crippen MR) is 71.3 cm³/mol. The van der Waals surface area contributed by atoms with Gasteiger partial charge in [-0.1, -0.05) is 13.3 Å². The summed E-state index contributed by atoms with van der Waals surface area (Å²) >= 11 is 3.44. The van der Waals surface area contributed by atoms with Crippen molar-refractivity contribution in [2.45, 2.75) is 25.8 Å². The Balaban J connectivity index is 2.73. The van der Waals surface area contributed by atoms with Crippen molar-refractivity contribution in [3.05, 3.63) is 28.5 Å². The predicted octanol–water partition coefficient (Wildman–Crippen LogP) is 2.58. The van der Waals surface area contributed by atoms with Crippen LogP contribution < -0.4 is 5.73 Å². The molecule has 0 amide bonds. The Bertz CT molecular complexity index is 317. The summed E-state index contributed by atoms with van der Waals surface area (Å²) in [6, 6.07) is 2.35. The zero-order chi connectivity index (χ0) is 12.0. The van der Waals surface area contributed by atoms with Crippen LogP contribution in [0, 0.1) is 0 Å². The molecule has 1 aromatic rings. The first kappa shape index (κ1) is 13.6. The Kier molecular flexibility index (Phi) is 5.95. The summed E-state index contributed by atoms with van der Waals surface area (Å²) < 4.78 is 1.01. The van der Waals surface area contributed by atoms with Crippen molar-refractivity contribution >= 4 is 15.9 Å². The van der Waals surface area contributed by atoms with Crippen molar-refractivity contribution in [2.24, 2.45) is 5.73 Å². The van der Waals surface area contributed by atoms with Gasteiger partial charge in [-0.2, -0.15) is 0 Å². The number of nitrogens with two attached hydrogens (primary N) is 1. The molecule has 1 rings (SSSR count). The highest BCUT2D eigenvalue weighted by atomic mass is 79.9. The molecule has 3 nitrogen and oxygen atoms in total. The number of aromatic nitrogens is 1. The average molecular weight is 286 g/mol. The summed E-state index contributed by atoms with van der Waals surface area (Å²) in [5.74, 6) is 0. The van der Waals surface area contributed by atoms with Gasteiger partial charge in [-0.15, -0.1) is 0 Å². The first-order valence-corrected chi connectivity index (χ1v) is 6.49. The monoisotopic (exact) mass is 285 g/mol. The molecule has 16 heavy (non-hydrogen) atoms. The van der Waals surface area contributed by atoms with Crippen molar-refractivity contribution in [3.8, 4) is 0 Å². The molecular weight excluding hydrogens is 266 g/mol. The van der Waals surface area contributed by atoms with E-state index in [-0.39, 0.29) is 6.04 Å². The third-order valence-corrected chi connectivity index (χ3v) is 3.16. The maximum atomic E-state index is 5.84. The lowest BCUT2D eigenvalue weighted by atomic mass is 10.1. The second kappa shape index (κ2) is 6.99. The standard InChI is InChI=1S/C12H20BrN3/c1-3-4-5-16(2)12(7-14)10-6-11(13)9-15-8-10/h6,8-9,12H,3-5,7,14H2,1-2H3. The van der Waals surface area contributed by atoms with Gasteiger partial charge in [-0.3, -0.25) is 9.88 Å². The minimum atomic E-state index is 0.261. The fraction of sp³-hybridized carbons (Fsp3) is 0.583. The normalized spacial score (nSPS) is 13.1. The number of unbranched alkanes of at least 4 members (excludes halogenated alkanes) is 1. The minimum Gasteiger partial charge on any atom is -0.329 e. The van der Waals surface area contributed by atoms with E-state index in [1.165, 1.54) is 18.4 Å². The van der Waals surface area contributed by atoms with Gasteiger partial charge < -0.3 is 5.73 Å². The quantitative estimate of drug-likeness (QED) is 0.874. The zero-order valence-electron chi connectivity index (χ0n) is 9.99. The van der Waals surface area contributed by atoms with E-state index in [4.69, 9.17) is 5.73 Å². The Labute approximate surface area is 106 Å². The van der Waals surface area contributed by atoms with Gasteiger partial charge in [0.05, 0.1) is 0 Å². The van der Waals surface area contributed by atoms with E-state index in [9.17, 15) is 0 Å². The third-order valence-electron chi connectivity index (χ3n) is 2.73. The lowest BCUT2D eigenvalue weighted by Crippen LogP contribution is -2.31. The number of likely N-dealkylation sites (N-methyl/N-ethyl adjacent to an activating group) is 1. The molecule has 0 aliphatic rings. The van der Waals surface area contributed by atoms with Crippen molar-refractivity contribution < 1.29 is 0 Å². The first-order chi connectivity index (χ1) is 7.69. The number of pyridine rings is 1. The molecule has 0 fully saturated rings. The van der Waals surface area contributed by atoms with Crippen LogP contribution in [-0.4, -0.2) is 30.0 Å². The number of nitrogens with zero attached hydrogens (tertiary/aromatic N) is 2. The molecule has 0 radical (unpaired) electrons. The first-order valence-electron chi connectivity index (χ1n) is 5.69. The Morgan fingerprint density at radius 3 is 2.81 bits per heavy atom. The van der Waals surface area contributed by atoms with Gasteiger partial charge in [0.1, 0.15) is 0 Å². The Morgan fingerprint density at radius 1 is 1.50 bits per heavy atom. The molecule has 4 heteroatoms.